The monoisotopic (exact) mass is 627 g/mol. The van der Waals surface area contributed by atoms with Gasteiger partial charge in [0, 0.05) is 12.0 Å². The number of hydroxylamine groups is 1. The fraction of sp³-hybridized carbons (Fsp3) is 0.391. The number of allylic oxidation sites excluding steroid dienone is 1. The Bertz CT molecular complexity index is 1490. The van der Waals surface area contributed by atoms with Crippen molar-refractivity contribution in [3.05, 3.63) is 54.4 Å². The zero-order chi connectivity index (χ0) is 30.3. The molecule has 1 aromatic carbocycles. The van der Waals surface area contributed by atoms with Gasteiger partial charge in [-0.1, -0.05) is 42.5 Å². The second-order valence-electron chi connectivity index (χ2n) is 9.46. The number of phosphoric acid groups is 2. The number of hydrogen-bond acceptors (Lipinski definition) is 12. The van der Waals surface area contributed by atoms with Crippen LogP contribution in [0.3, 0.4) is 0 Å². The molecule has 0 amide bonds. The van der Waals surface area contributed by atoms with Crippen molar-refractivity contribution in [2.75, 3.05) is 24.2 Å². The van der Waals surface area contributed by atoms with E-state index in [2.05, 4.69) is 30.3 Å². The standard InChI is InChI=1S/C23H28N7O6P.H3O4P/c24-23-28-21(27-17-7-8-17)20-22(29-23)30(14-25-20)18-9-6-16(10-18)13-35-37(32,33)36-19(31)11-26-34-12-15-4-2-1-3-5-15;1-5(2,3)4/h1-6,9,14,16-18,26H,7-8,10-13H2,(H,32,33)(H3,24,27,28,29);(H3,1,2,3,4)/t16-,18+;/m1./s1. The number of phosphoric ester groups is 1. The Kier molecular flexibility index (Phi) is 10.4. The van der Waals surface area contributed by atoms with Crippen LogP contribution >= 0.6 is 15.6 Å². The number of nitrogens with zero attached hydrogens (tertiary/aromatic N) is 4. The van der Waals surface area contributed by atoms with E-state index in [0.717, 1.165) is 18.4 Å². The molecule has 0 aliphatic heterocycles. The Morgan fingerprint density at radius 3 is 2.50 bits per heavy atom. The Hall–Kier alpha value is -3.24. The highest BCUT2D eigenvalue weighted by Crippen LogP contribution is 2.45. The largest absolute Gasteiger partial charge is 0.529 e. The number of imidazole rings is 1. The van der Waals surface area contributed by atoms with E-state index < -0.39 is 28.2 Å². The number of nitrogens with one attached hydrogen (secondary N) is 2. The molecule has 2 heterocycles. The van der Waals surface area contributed by atoms with Crippen LogP contribution < -0.4 is 16.5 Å². The molecule has 3 aromatic rings. The predicted octanol–water partition coefficient (Wildman–Crippen LogP) is 1.55. The maximum absolute atomic E-state index is 12.2. The van der Waals surface area contributed by atoms with Gasteiger partial charge in [-0.25, -0.2) is 14.1 Å². The van der Waals surface area contributed by atoms with E-state index in [-0.39, 0.29) is 31.1 Å². The number of hydrogen-bond donors (Lipinski definition) is 7. The smallest absolute Gasteiger partial charge is 0.369 e. The van der Waals surface area contributed by atoms with Gasteiger partial charge in [-0.3, -0.25) is 19.0 Å². The van der Waals surface area contributed by atoms with Crippen LogP contribution in [-0.2, 0) is 34.4 Å². The van der Waals surface area contributed by atoms with Crippen molar-refractivity contribution in [1.82, 2.24) is 25.0 Å². The first kappa shape index (κ1) is 31.7. The molecule has 1 fully saturated rings. The van der Waals surface area contributed by atoms with Crippen LogP contribution in [0.1, 0.15) is 30.9 Å². The molecule has 17 nitrogen and oxygen atoms in total. The number of aromatic nitrogens is 4. The van der Waals surface area contributed by atoms with Crippen molar-refractivity contribution >= 4 is 44.5 Å². The fourth-order valence-corrected chi connectivity index (χ4v) is 4.73. The molecule has 3 atom stereocenters. The SMILES string of the molecule is Nc1nc(NC2CC2)c2ncn([C@H]3C=C[C@@H](COP(=O)(O)OC(=O)CNOCc4ccccc4)C3)c2n1.O=P(O)(O)O. The van der Waals surface area contributed by atoms with Crippen molar-refractivity contribution in [3.8, 4) is 0 Å². The maximum Gasteiger partial charge on any atom is 0.529 e. The van der Waals surface area contributed by atoms with E-state index in [1.807, 2.05) is 47.1 Å². The summed E-state index contributed by atoms with van der Waals surface area (Å²) in [6.07, 6.45) is 8.25. The maximum atomic E-state index is 12.2. The highest BCUT2D eigenvalue weighted by atomic mass is 31.2. The first-order chi connectivity index (χ1) is 19.9. The minimum atomic E-state index is -4.64. The van der Waals surface area contributed by atoms with Gasteiger partial charge in [0.25, 0.3) is 0 Å². The van der Waals surface area contributed by atoms with Gasteiger partial charge in [-0.2, -0.15) is 15.4 Å². The van der Waals surface area contributed by atoms with Gasteiger partial charge in [0.05, 0.1) is 25.6 Å². The molecule has 5 rings (SSSR count). The minimum absolute atomic E-state index is 0.103. The molecule has 1 saturated carbocycles. The zero-order valence-electron chi connectivity index (χ0n) is 22.1. The van der Waals surface area contributed by atoms with Crippen LogP contribution in [0.2, 0.25) is 0 Å². The summed E-state index contributed by atoms with van der Waals surface area (Å²) in [5, 5.41) is 3.33. The average Bonchev–Trinajstić information content (AvgIpc) is 3.41. The second-order valence-corrected chi connectivity index (χ2v) is 11.9. The molecule has 19 heteroatoms. The van der Waals surface area contributed by atoms with Crippen LogP contribution in [-0.4, -0.2) is 64.3 Å². The van der Waals surface area contributed by atoms with E-state index in [1.165, 1.54) is 0 Å². The topological polar surface area (TPSA) is 253 Å². The number of anilines is 2. The zero-order valence-corrected chi connectivity index (χ0v) is 23.9. The summed E-state index contributed by atoms with van der Waals surface area (Å²) < 4.78 is 32.7. The Balaban J connectivity index is 0.000000748. The Morgan fingerprint density at radius 1 is 1.10 bits per heavy atom. The molecular weight excluding hydrogens is 596 g/mol. The van der Waals surface area contributed by atoms with Gasteiger partial charge in [-0.05, 0) is 24.8 Å². The first-order valence-electron chi connectivity index (χ1n) is 12.7. The van der Waals surface area contributed by atoms with Crippen LogP contribution in [0.4, 0.5) is 11.8 Å². The molecule has 2 aliphatic rings. The number of rotatable bonds is 12. The van der Waals surface area contributed by atoms with E-state index in [0.29, 0.717) is 29.4 Å². The molecule has 0 spiro atoms. The van der Waals surface area contributed by atoms with Crippen LogP contribution in [0.5, 0.6) is 0 Å². The highest BCUT2D eigenvalue weighted by Gasteiger charge is 2.30. The number of nitrogens with two attached hydrogens (primary N) is 1. The third kappa shape index (κ3) is 10.2. The second kappa shape index (κ2) is 13.8. The molecule has 42 heavy (non-hydrogen) atoms. The molecular formula is C23H31N7O10P2. The minimum Gasteiger partial charge on any atom is -0.369 e. The first-order valence-corrected chi connectivity index (χ1v) is 15.7. The van der Waals surface area contributed by atoms with E-state index in [1.54, 1.807) is 6.33 Å². The quantitative estimate of drug-likeness (QED) is 0.0651. The summed E-state index contributed by atoms with van der Waals surface area (Å²) in [5.41, 5.74) is 10.5. The molecule has 2 aromatic heterocycles. The van der Waals surface area contributed by atoms with Crippen LogP contribution in [0.25, 0.3) is 11.2 Å². The van der Waals surface area contributed by atoms with Crippen molar-refractivity contribution in [2.24, 2.45) is 5.92 Å². The van der Waals surface area contributed by atoms with Gasteiger partial charge < -0.3 is 34.8 Å². The number of carbonyl (C=O) groups excluding carboxylic acids is 1. The number of carbonyl (C=O) groups is 1. The lowest BCUT2D eigenvalue weighted by Crippen LogP contribution is -2.24. The van der Waals surface area contributed by atoms with Crippen LogP contribution in [0, 0.1) is 5.92 Å². The number of benzene rings is 1. The third-order valence-electron chi connectivity index (χ3n) is 5.93. The van der Waals surface area contributed by atoms with E-state index in [4.69, 9.17) is 34.3 Å². The molecule has 0 bridgehead atoms. The van der Waals surface area contributed by atoms with Gasteiger partial charge in [0.1, 0.15) is 6.54 Å². The molecule has 0 radical (unpaired) electrons. The van der Waals surface area contributed by atoms with E-state index >= 15 is 0 Å². The lowest BCUT2D eigenvalue weighted by molar-refractivity contribution is -0.138. The summed E-state index contributed by atoms with van der Waals surface area (Å²) in [5.74, 6) is -0.385. The van der Waals surface area contributed by atoms with E-state index in [9.17, 15) is 14.3 Å². The summed E-state index contributed by atoms with van der Waals surface area (Å²) in [7, 11) is -9.23. The molecule has 228 valence electrons. The Morgan fingerprint density at radius 2 is 1.81 bits per heavy atom. The molecule has 8 N–H and O–H groups in total. The predicted molar refractivity (Wildman–Crippen MR) is 148 cm³/mol. The summed E-state index contributed by atoms with van der Waals surface area (Å²) in [4.78, 5) is 61.7. The van der Waals surface area contributed by atoms with Gasteiger partial charge in [-0.15, -0.1) is 0 Å². The van der Waals surface area contributed by atoms with Crippen molar-refractivity contribution in [1.29, 1.82) is 0 Å². The lowest BCUT2D eigenvalue weighted by atomic mass is 10.1. The summed E-state index contributed by atoms with van der Waals surface area (Å²) in [6, 6.07) is 9.60. The Labute approximate surface area is 239 Å². The summed E-state index contributed by atoms with van der Waals surface area (Å²) >= 11 is 0. The number of nitrogen functional groups attached to an aromatic ring is 1. The molecule has 0 saturated heterocycles. The van der Waals surface area contributed by atoms with Crippen LogP contribution in [0.15, 0.2) is 48.8 Å². The number of fused-ring (bicyclic) bond motifs is 1. The van der Waals surface area contributed by atoms with Crippen molar-refractivity contribution in [2.45, 2.75) is 38.0 Å². The van der Waals surface area contributed by atoms with Gasteiger partial charge in [0.2, 0.25) is 5.95 Å². The highest BCUT2D eigenvalue weighted by molar-refractivity contribution is 7.48. The molecule has 2 aliphatic carbocycles. The third-order valence-corrected chi connectivity index (χ3v) is 6.84. The average molecular weight is 627 g/mol. The molecule has 1 unspecified atom stereocenters. The lowest BCUT2D eigenvalue weighted by Gasteiger charge is -2.16. The van der Waals surface area contributed by atoms with Crippen molar-refractivity contribution in [3.63, 3.8) is 0 Å². The van der Waals surface area contributed by atoms with Crippen molar-refractivity contribution < 1.29 is 47.4 Å². The van der Waals surface area contributed by atoms with Gasteiger partial charge >= 0.3 is 21.6 Å². The van der Waals surface area contributed by atoms with Gasteiger partial charge in [0.15, 0.2) is 17.0 Å². The fourth-order valence-electron chi connectivity index (χ4n) is 3.98. The summed E-state index contributed by atoms with van der Waals surface area (Å²) in [6.45, 7) is -0.299. The normalized spacial score (nSPS) is 19.6.